The number of nitrogens with zero attached hydrogens (tertiary/aromatic N) is 1. The smallest absolute Gasteiger partial charge is 0.266 e. The molecule has 1 heterocycles. The van der Waals surface area contributed by atoms with Gasteiger partial charge in [-0.2, -0.15) is 0 Å². The van der Waals surface area contributed by atoms with E-state index in [2.05, 4.69) is 11.8 Å². The van der Waals surface area contributed by atoms with Gasteiger partial charge in [-0.3, -0.25) is 9.59 Å². The van der Waals surface area contributed by atoms with Crippen LogP contribution in [0.4, 0.5) is 0 Å². The van der Waals surface area contributed by atoms with Crippen molar-refractivity contribution in [2.24, 2.45) is 0 Å². The Morgan fingerprint density at radius 3 is 2.25 bits per heavy atom. The Labute approximate surface area is 92.8 Å². The lowest BCUT2D eigenvalue weighted by atomic mass is 10.1. The molecule has 1 aromatic rings. The van der Waals surface area contributed by atoms with E-state index < -0.39 is 11.8 Å². The van der Waals surface area contributed by atoms with Crippen LogP contribution in [0.1, 0.15) is 27.6 Å². The van der Waals surface area contributed by atoms with Crippen molar-refractivity contribution in [3.8, 4) is 11.8 Å². The molecule has 0 saturated carbocycles. The number of hydrogen-bond donors (Lipinski definition) is 0. The summed E-state index contributed by atoms with van der Waals surface area (Å²) in [7, 11) is 0. The first kappa shape index (κ1) is 10.4. The van der Waals surface area contributed by atoms with Crippen LogP contribution < -0.4 is 0 Å². The average Bonchev–Trinajstić information content (AvgIpc) is 2.55. The van der Waals surface area contributed by atoms with Gasteiger partial charge in [0.15, 0.2) is 0 Å². The summed E-state index contributed by atoms with van der Waals surface area (Å²) in [6.45, 7) is 1.69. The van der Waals surface area contributed by atoms with E-state index in [-0.39, 0.29) is 6.61 Å². The normalized spacial score (nSPS) is 13.4. The minimum absolute atomic E-state index is 0.0297. The minimum atomic E-state index is -0.432. The zero-order valence-electron chi connectivity index (χ0n) is 8.69. The summed E-state index contributed by atoms with van der Waals surface area (Å²) in [5.41, 5.74) is 0.744. The van der Waals surface area contributed by atoms with E-state index in [9.17, 15) is 9.59 Å². The zero-order valence-corrected chi connectivity index (χ0v) is 8.69. The molecule has 0 radical (unpaired) electrons. The molecule has 4 heteroatoms. The highest BCUT2D eigenvalue weighted by Crippen LogP contribution is 2.22. The van der Waals surface area contributed by atoms with Crippen LogP contribution in [0.2, 0.25) is 0 Å². The first-order chi connectivity index (χ1) is 7.75. The molecule has 2 amide bonds. The van der Waals surface area contributed by atoms with Gasteiger partial charge in [0.05, 0.1) is 11.1 Å². The summed E-state index contributed by atoms with van der Waals surface area (Å²) in [4.78, 5) is 28.5. The van der Waals surface area contributed by atoms with Gasteiger partial charge in [0.2, 0.25) is 0 Å². The molecule has 1 aliphatic rings. The SMILES string of the molecule is CC#CCON1C(=O)c2ccccc2C1=O. The van der Waals surface area contributed by atoms with E-state index in [1.165, 1.54) is 0 Å². The lowest BCUT2D eigenvalue weighted by molar-refractivity contribution is -0.0782. The Morgan fingerprint density at radius 1 is 1.19 bits per heavy atom. The number of imide groups is 1. The van der Waals surface area contributed by atoms with Crippen molar-refractivity contribution in [1.29, 1.82) is 0 Å². The highest BCUT2D eigenvalue weighted by molar-refractivity contribution is 6.20. The van der Waals surface area contributed by atoms with Crippen LogP contribution in [0.5, 0.6) is 0 Å². The Hall–Kier alpha value is -2.12. The number of hydrogen-bond acceptors (Lipinski definition) is 3. The van der Waals surface area contributed by atoms with Crippen LogP contribution >= 0.6 is 0 Å². The topological polar surface area (TPSA) is 46.6 Å². The predicted octanol–water partition coefficient (Wildman–Crippen LogP) is 1.24. The lowest BCUT2D eigenvalue weighted by Crippen LogP contribution is -2.30. The summed E-state index contributed by atoms with van der Waals surface area (Å²) in [6.07, 6.45) is 0. The molecule has 1 aromatic carbocycles. The first-order valence-electron chi connectivity index (χ1n) is 4.76. The Morgan fingerprint density at radius 2 is 1.75 bits per heavy atom. The van der Waals surface area contributed by atoms with Gasteiger partial charge in [-0.1, -0.05) is 18.1 Å². The summed E-state index contributed by atoms with van der Waals surface area (Å²) in [5, 5.41) is 0.759. The number of carbonyl (C=O) groups is 2. The van der Waals surface area contributed by atoms with E-state index in [1.54, 1.807) is 31.2 Å². The van der Waals surface area contributed by atoms with Crippen molar-refractivity contribution >= 4 is 11.8 Å². The van der Waals surface area contributed by atoms with Gasteiger partial charge < -0.3 is 0 Å². The first-order valence-corrected chi connectivity index (χ1v) is 4.76. The van der Waals surface area contributed by atoms with Crippen molar-refractivity contribution in [1.82, 2.24) is 5.06 Å². The molecule has 0 bridgehead atoms. The predicted molar refractivity (Wildman–Crippen MR) is 56.3 cm³/mol. The zero-order chi connectivity index (χ0) is 11.5. The lowest BCUT2D eigenvalue weighted by Gasteiger charge is -2.10. The summed E-state index contributed by atoms with van der Waals surface area (Å²) < 4.78 is 0. The third kappa shape index (κ3) is 1.58. The number of benzene rings is 1. The van der Waals surface area contributed by atoms with Gasteiger partial charge in [0.1, 0.15) is 6.61 Å². The fraction of sp³-hybridized carbons (Fsp3) is 0.167. The molecule has 1 aliphatic heterocycles. The third-order valence-electron chi connectivity index (χ3n) is 2.20. The number of rotatable bonds is 2. The number of carbonyl (C=O) groups excluding carboxylic acids is 2. The third-order valence-corrected chi connectivity index (χ3v) is 2.20. The van der Waals surface area contributed by atoms with Gasteiger partial charge in [-0.25, -0.2) is 4.84 Å². The van der Waals surface area contributed by atoms with Gasteiger partial charge in [-0.15, -0.1) is 11.0 Å². The molecule has 0 N–H and O–H groups in total. The van der Waals surface area contributed by atoms with Crippen LogP contribution in [0.3, 0.4) is 0 Å². The second-order valence-corrected chi connectivity index (χ2v) is 3.15. The molecule has 2 rings (SSSR count). The fourth-order valence-electron chi connectivity index (χ4n) is 1.45. The molecule has 0 unspecified atom stereocenters. The molecule has 80 valence electrons. The van der Waals surface area contributed by atoms with Crippen LogP contribution in [0.25, 0.3) is 0 Å². The average molecular weight is 215 g/mol. The Balaban J connectivity index is 2.24. The van der Waals surface area contributed by atoms with Crippen LogP contribution in [0.15, 0.2) is 24.3 Å². The Bertz CT molecular complexity index is 475. The summed E-state index contributed by atoms with van der Waals surface area (Å²) in [6, 6.07) is 6.62. The van der Waals surface area contributed by atoms with Crippen molar-refractivity contribution in [3.63, 3.8) is 0 Å². The molecule has 0 saturated heterocycles. The van der Waals surface area contributed by atoms with E-state index in [1.807, 2.05) is 0 Å². The van der Waals surface area contributed by atoms with Crippen LogP contribution in [-0.4, -0.2) is 23.5 Å². The molecule has 16 heavy (non-hydrogen) atoms. The maximum Gasteiger partial charge on any atom is 0.285 e. The van der Waals surface area contributed by atoms with E-state index in [4.69, 9.17) is 4.84 Å². The Kier molecular flexibility index (Phi) is 2.71. The van der Waals surface area contributed by atoms with Gasteiger partial charge >= 0.3 is 0 Å². The maximum atomic E-state index is 11.7. The summed E-state index contributed by atoms with van der Waals surface area (Å²) in [5.74, 6) is 4.38. The van der Waals surface area contributed by atoms with Crippen LogP contribution in [-0.2, 0) is 4.84 Å². The molecular formula is C12H9NO3. The molecular weight excluding hydrogens is 206 g/mol. The largest absolute Gasteiger partial charge is 0.285 e. The number of hydroxylamine groups is 2. The van der Waals surface area contributed by atoms with Gasteiger partial charge in [0, 0.05) is 0 Å². The van der Waals surface area contributed by atoms with Crippen molar-refractivity contribution < 1.29 is 14.4 Å². The second kappa shape index (κ2) is 4.17. The monoisotopic (exact) mass is 215 g/mol. The molecule has 0 fully saturated rings. The second-order valence-electron chi connectivity index (χ2n) is 3.15. The number of amides is 2. The summed E-state index contributed by atoms with van der Waals surface area (Å²) >= 11 is 0. The fourth-order valence-corrected chi connectivity index (χ4v) is 1.45. The van der Waals surface area contributed by atoms with Crippen molar-refractivity contribution in [2.75, 3.05) is 6.61 Å². The van der Waals surface area contributed by atoms with E-state index in [0.29, 0.717) is 11.1 Å². The minimum Gasteiger partial charge on any atom is -0.266 e. The quantitative estimate of drug-likeness (QED) is 0.550. The van der Waals surface area contributed by atoms with Gasteiger partial charge in [-0.05, 0) is 19.1 Å². The van der Waals surface area contributed by atoms with Crippen molar-refractivity contribution in [2.45, 2.75) is 6.92 Å². The maximum absolute atomic E-state index is 11.7. The highest BCUT2D eigenvalue weighted by atomic mass is 16.7. The van der Waals surface area contributed by atoms with E-state index in [0.717, 1.165) is 5.06 Å². The van der Waals surface area contributed by atoms with Crippen molar-refractivity contribution in [3.05, 3.63) is 35.4 Å². The standard InChI is InChI=1S/C12H9NO3/c1-2-3-8-16-13-11(14)9-6-4-5-7-10(9)12(13)15/h4-7H,8H2,1H3. The molecule has 0 spiro atoms. The number of fused-ring (bicyclic) bond motifs is 1. The molecule has 0 atom stereocenters. The molecule has 0 aromatic heterocycles. The molecule has 0 aliphatic carbocycles. The van der Waals surface area contributed by atoms with Crippen LogP contribution in [0, 0.1) is 11.8 Å². The van der Waals surface area contributed by atoms with E-state index >= 15 is 0 Å². The highest BCUT2D eigenvalue weighted by Gasteiger charge is 2.36. The van der Waals surface area contributed by atoms with Gasteiger partial charge in [0.25, 0.3) is 11.8 Å². The molecule has 4 nitrogen and oxygen atoms in total.